The first-order chi connectivity index (χ1) is 14.6. The zero-order chi connectivity index (χ0) is 22.8. The van der Waals surface area contributed by atoms with E-state index in [0.717, 1.165) is 24.8 Å². The number of hydrogen-bond donors (Lipinski definition) is 1. The predicted octanol–water partition coefficient (Wildman–Crippen LogP) is 2.89. The molecule has 1 aliphatic heterocycles. The summed E-state index contributed by atoms with van der Waals surface area (Å²) in [7, 11) is -2.14. The number of aliphatic hydroxyl groups is 1. The van der Waals surface area contributed by atoms with E-state index in [1.54, 1.807) is 24.9 Å². The molecule has 0 saturated heterocycles. The third kappa shape index (κ3) is 5.13. The summed E-state index contributed by atoms with van der Waals surface area (Å²) >= 11 is 0. The molecule has 31 heavy (non-hydrogen) atoms. The maximum absolute atomic E-state index is 13.5. The summed E-state index contributed by atoms with van der Waals surface area (Å²) in [4.78, 5) is 13.5. The Bertz CT molecular complexity index is 943. The Hall–Kier alpha value is -1.90. The van der Waals surface area contributed by atoms with Crippen LogP contribution in [0.1, 0.15) is 52.0 Å². The number of sulfonamides is 1. The second-order valence-corrected chi connectivity index (χ2v) is 10.6. The fourth-order valence-corrected chi connectivity index (χ4v) is 5.97. The first-order valence-corrected chi connectivity index (χ1v) is 12.4. The zero-order valence-corrected chi connectivity index (χ0v) is 19.7. The lowest BCUT2D eigenvalue weighted by Crippen LogP contribution is -2.50. The Kier molecular flexibility index (Phi) is 7.44. The normalized spacial score (nSPS) is 24.7. The van der Waals surface area contributed by atoms with Crippen LogP contribution in [-0.2, 0) is 14.8 Å². The standard InChI is InChI=1S/C23H34N2O5S/c1-16-13-25(17(2)15-26)31(28,29)23-11-10-20(19-8-6-5-7-9-19)12-21(23)30-22(16)14-24(4)18(3)27/h8,10-12,16-17,22,26H,5-7,9,13-15H2,1-4H3/t16-,17-,22+/m0/s1. The predicted molar refractivity (Wildman–Crippen MR) is 120 cm³/mol. The Morgan fingerprint density at radius 3 is 2.71 bits per heavy atom. The van der Waals surface area contributed by atoms with Crippen molar-refractivity contribution in [3.63, 3.8) is 0 Å². The maximum atomic E-state index is 13.5. The molecule has 2 aliphatic rings. The molecule has 172 valence electrons. The second-order valence-electron chi connectivity index (χ2n) is 8.78. The molecule has 8 heteroatoms. The molecule has 7 nitrogen and oxygen atoms in total. The summed E-state index contributed by atoms with van der Waals surface area (Å²) < 4.78 is 34.7. The average Bonchev–Trinajstić information content (AvgIpc) is 2.75. The van der Waals surface area contributed by atoms with Crippen molar-refractivity contribution in [3.8, 4) is 5.75 Å². The molecule has 0 bridgehead atoms. The fourth-order valence-electron chi connectivity index (χ4n) is 4.14. The number of benzene rings is 1. The van der Waals surface area contributed by atoms with Gasteiger partial charge in [0.15, 0.2) is 0 Å². The molecule has 0 saturated carbocycles. The number of nitrogens with zero attached hydrogens (tertiary/aromatic N) is 2. The van der Waals surface area contributed by atoms with Crippen molar-refractivity contribution < 1.29 is 23.1 Å². The van der Waals surface area contributed by atoms with Crippen LogP contribution in [0.25, 0.3) is 5.57 Å². The average molecular weight is 451 g/mol. The minimum Gasteiger partial charge on any atom is -0.487 e. The van der Waals surface area contributed by atoms with Gasteiger partial charge in [0.05, 0.1) is 13.2 Å². The summed E-state index contributed by atoms with van der Waals surface area (Å²) in [6.07, 6.45) is 6.11. The molecule has 1 aromatic carbocycles. The highest BCUT2D eigenvalue weighted by molar-refractivity contribution is 7.89. The Morgan fingerprint density at radius 2 is 2.10 bits per heavy atom. The van der Waals surface area contributed by atoms with Crippen LogP contribution >= 0.6 is 0 Å². The fraction of sp³-hybridized carbons (Fsp3) is 0.609. The molecule has 1 aromatic rings. The van der Waals surface area contributed by atoms with E-state index in [9.17, 15) is 18.3 Å². The molecule has 0 spiro atoms. The zero-order valence-electron chi connectivity index (χ0n) is 18.9. The van der Waals surface area contributed by atoms with Gasteiger partial charge in [0, 0.05) is 32.5 Å². The summed E-state index contributed by atoms with van der Waals surface area (Å²) in [5.41, 5.74) is 2.19. The lowest BCUT2D eigenvalue weighted by atomic mass is 9.93. The molecule has 1 aliphatic carbocycles. The van der Waals surface area contributed by atoms with Gasteiger partial charge < -0.3 is 14.7 Å². The van der Waals surface area contributed by atoms with E-state index >= 15 is 0 Å². The van der Waals surface area contributed by atoms with Gasteiger partial charge in [-0.1, -0.05) is 19.1 Å². The smallest absolute Gasteiger partial charge is 0.247 e. The molecule has 0 fully saturated rings. The van der Waals surface area contributed by atoms with Crippen molar-refractivity contribution in [2.24, 2.45) is 5.92 Å². The number of ether oxygens (including phenoxy) is 1. The van der Waals surface area contributed by atoms with E-state index in [-0.39, 0.29) is 36.0 Å². The number of likely N-dealkylation sites (N-methyl/N-ethyl adjacent to an activating group) is 1. The third-order valence-corrected chi connectivity index (χ3v) is 8.34. The quantitative estimate of drug-likeness (QED) is 0.745. The van der Waals surface area contributed by atoms with E-state index in [1.807, 2.05) is 19.1 Å². The topological polar surface area (TPSA) is 87.2 Å². The van der Waals surface area contributed by atoms with Crippen LogP contribution < -0.4 is 4.74 Å². The van der Waals surface area contributed by atoms with E-state index in [4.69, 9.17) is 4.74 Å². The van der Waals surface area contributed by atoms with Crippen LogP contribution in [0.5, 0.6) is 5.75 Å². The Balaban J connectivity index is 2.09. The summed E-state index contributed by atoms with van der Waals surface area (Å²) in [5, 5.41) is 9.72. The number of amides is 1. The molecule has 3 rings (SSSR count). The van der Waals surface area contributed by atoms with Gasteiger partial charge in [0.25, 0.3) is 0 Å². The van der Waals surface area contributed by atoms with Gasteiger partial charge in [-0.05, 0) is 55.9 Å². The number of hydrogen-bond acceptors (Lipinski definition) is 5. The van der Waals surface area contributed by atoms with E-state index < -0.39 is 16.1 Å². The van der Waals surface area contributed by atoms with Crippen LogP contribution in [0.2, 0.25) is 0 Å². The SMILES string of the molecule is CC(=O)N(C)C[C@H]1Oc2cc(C3=CCCCC3)ccc2S(=O)(=O)N([C@@H](C)CO)C[C@@H]1C. The molecule has 3 atom stereocenters. The molecule has 1 N–H and O–H groups in total. The monoisotopic (exact) mass is 450 g/mol. The first-order valence-electron chi connectivity index (χ1n) is 11.0. The van der Waals surface area contributed by atoms with Crippen molar-refractivity contribution in [2.75, 3.05) is 26.7 Å². The number of carbonyl (C=O) groups is 1. The van der Waals surface area contributed by atoms with Gasteiger partial charge in [0.2, 0.25) is 15.9 Å². The van der Waals surface area contributed by atoms with Crippen molar-refractivity contribution >= 4 is 21.5 Å². The Morgan fingerprint density at radius 1 is 1.35 bits per heavy atom. The number of fused-ring (bicyclic) bond motifs is 1. The maximum Gasteiger partial charge on any atom is 0.247 e. The minimum atomic E-state index is -3.85. The van der Waals surface area contributed by atoms with Gasteiger partial charge >= 0.3 is 0 Å². The number of rotatable bonds is 5. The van der Waals surface area contributed by atoms with Crippen molar-refractivity contribution in [3.05, 3.63) is 29.8 Å². The van der Waals surface area contributed by atoms with Gasteiger partial charge in [-0.3, -0.25) is 4.79 Å². The molecule has 1 amide bonds. The van der Waals surface area contributed by atoms with Crippen LogP contribution in [0.3, 0.4) is 0 Å². The van der Waals surface area contributed by atoms with E-state index in [0.29, 0.717) is 12.3 Å². The largest absolute Gasteiger partial charge is 0.487 e. The Labute approximate surface area is 185 Å². The van der Waals surface area contributed by atoms with Crippen molar-refractivity contribution in [2.45, 2.75) is 63.5 Å². The number of allylic oxidation sites excluding steroid dienone is 2. The van der Waals surface area contributed by atoms with Crippen LogP contribution in [-0.4, -0.2) is 67.5 Å². The van der Waals surface area contributed by atoms with Crippen LogP contribution in [0.4, 0.5) is 0 Å². The van der Waals surface area contributed by atoms with Crippen LogP contribution in [0, 0.1) is 5.92 Å². The lowest BCUT2D eigenvalue weighted by Gasteiger charge is -2.37. The lowest BCUT2D eigenvalue weighted by molar-refractivity contribution is -0.129. The molecular formula is C23H34N2O5S. The van der Waals surface area contributed by atoms with Crippen molar-refractivity contribution in [1.29, 1.82) is 0 Å². The highest BCUT2D eigenvalue weighted by atomic mass is 32.2. The summed E-state index contributed by atoms with van der Waals surface area (Å²) in [6, 6.07) is 4.73. The second kappa shape index (κ2) is 9.71. The summed E-state index contributed by atoms with van der Waals surface area (Å²) in [5.74, 6) is 0.0521. The highest BCUT2D eigenvalue weighted by Crippen LogP contribution is 2.37. The number of carbonyl (C=O) groups excluding carboxylic acids is 1. The van der Waals surface area contributed by atoms with Crippen LogP contribution in [0.15, 0.2) is 29.2 Å². The molecular weight excluding hydrogens is 416 g/mol. The number of aliphatic hydroxyl groups excluding tert-OH is 1. The van der Waals surface area contributed by atoms with Gasteiger partial charge in [-0.15, -0.1) is 0 Å². The molecule has 0 unspecified atom stereocenters. The molecule has 0 radical (unpaired) electrons. The highest BCUT2D eigenvalue weighted by Gasteiger charge is 2.38. The van der Waals surface area contributed by atoms with Crippen molar-refractivity contribution in [1.82, 2.24) is 9.21 Å². The van der Waals surface area contributed by atoms with E-state index in [2.05, 4.69) is 6.08 Å². The van der Waals surface area contributed by atoms with Gasteiger partial charge in [0.1, 0.15) is 16.7 Å². The summed E-state index contributed by atoms with van der Waals surface area (Å²) in [6.45, 7) is 5.40. The van der Waals surface area contributed by atoms with Gasteiger partial charge in [-0.25, -0.2) is 8.42 Å². The third-order valence-electron chi connectivity index (χ3n) is 6.32. The minimum absolute atomic E-state index is 0.0765. The molecule has 0 aromatic heterocycles. The first kappa shape index (κ1) is 23.8. The molecule has 1 heterocycles. The van der Waals surface area contributed by atoms with Gasteiger partial charge in [-0.2, -0.15) is 4.31 Å². The van der Waals surface area contributed by atoms with E-state index in [1.165, 1.54) is 23.2 Å².